The first-order chi connectivity index (χ1) is 11.0. The molecule has 3 rings (SSSR count). The second kappa shape index (κ2) is 7.07. The Morgan fingerprint density at radius 1 is 1.09 bits per heavy atom. The zero-order valence-electron chi connectivity index (χ0n) is 12.0. The fraction of sp³-hybridized carbons (Fsp3) is 0.176. The van der Waals surface area contributed by atoms with Crippen molar-refractivity contribution in [3.8, 4) is 0 Å². The SMILES string of the molecule is O=C1CC(SCc2ccc(Cl)cc2)C(=O)N1c1ccc(Br)cc1. The summed E-state index contributed by atoms with van der Waals surface area (Å²) in [5.74, 6) is 0.386. The highest BCUT2D eigenvalue weighted by molar-refractivity contribution is 9.10. The Bertz CT molecular complexity index is 733. The fourth-order valence-corrected chi connectivity index (χ4v) is 3.86. The van der Waals surface area contributed by atoms with Crippen LogP contribution in [0.3, 0.4) is 0 Å². The number of nitrogens with zero attached hydrogens (tertiary/aromatic N) is 1. The van der Waals surface area contributed by atoms with Crippen molar-refractivity contribution in [1.29, 1.82) is 0 Å². The number of hydrogen-bond donors (Lipinski definition) is 0. The Morgan fingerprint density at radius 2 is 1.74 bits per heavy atom. The second-order valence-corrected chi connectivity index (χ2v) is 7.72. The standard InChI is InChI=1S/C17H13BrClNO2S/c18-12-3-7-14(8-4-12)20-16(21)9-15(17(20)22)23-10-11-1-5-13(19)6-2-11/h1-8,15H,9-10H2. The Hall–Kier alpha value is -1.30. The number of imide groups is 1. The van der Waals surface area contributed by atoms with Gasteiger partial charge in [0.2, 0.25) is 11.8 Å². The number of carbonyl (C=O) groups excluding carboxylic acids is 2. The van der Waals surface area contributed by atoms with Crippen LogP contribution in [-0.4, -0.2) is 17.1 Å². The number of amides is 2. The molecule has 6 heteroatoms. The van der Waals surface area contributed by atoms with E-state index in [1.54, 1.807) is 12.1 Å². The predicted octanol–water partition coefficient (Wildman–Crippen LogP) is 4.67. The predicted molar refractivity (Wildman–Crippen MR) is 97.8 cm³/mol. The first-order valence-electron chi connectivity index (χ1n) is 7.03. The summed E-state index contributed by atoms with van der Waals surface area (Å²) in [6, 6.07) is 14.7. The van der Waals surface area contributed by atoms with Crippen LogP contribution in [0.15, 0.2) is 53.0 Å². The van der Waals surface area contributed by atoms with Crippen LogP contribution in [0.25, 0.3) is 0 Å². The maximum absolute atomic E-state index is 12.5. The maximum Gasteiger partial charge on any atom is 0.247 e. The van der Waals surface area contributed by atoms with Crippen molar-refractivity contribution < 1.29 is 9.59 Å². The van der Waals surface area contributed by atoms with Crippen LogP contribution < -0.4 is 4.90 Å². The van der Waals surface area contributed by atoms with Gasteiger partial charge in [0.15, 0.2) is 0 Å². The average Bonchev–Trinajstić information content (AvgIpc) is 2.82. The lowest BCUT2D eigenvalue weighted by Crippen LogP contribution is -2.31. The third-order valence-corrected chi connectivity index (χ3v) is 5.61. The van der Waals surface area contributed by atoms with E-state index >= 15 is 0 Å². The van der Waals surface area contributed by atoms with E-state index in [0.717, 1.165) is 10.0 Å². The Labute approximate surface area is 152 Å². The van der Waals surface area contributed by atoms with E-state index in [2.05, 4.69) is 15.9 Å². The van der Waals surface area contributed by atoms with Gasteiger partial charge in [0.25, 0.3) is 0 Å². The van der Waals surface area contributed by atoms with Gasteiger partial charge in [0.1, 0.15) is 0 Å². The highest BCUT2D eigenvalue weighted by Crippen LogP contribution is 2.32. The molecule has 1 unspecified atom stereocenters. The molecule has 0 aliphatic carbocycles. The highest BCUT2D eigenvalue weighted by Gasteiger charge is 2.39. The number of anilines is 1. The Balaban J connectivity index is 1.68. The van der Waals surface area contributed by atoms with Gasteiger partial charge in [-0.15, -0.1) is 11.8 Å². The van der Waals surface area contributed by atoms with Crippen molar-refractivity contribution in [2.45, 2.75) is 17.4 Å². The van der Waals surface area contributed by atoms with Crippen molar-refractivity contribution in [1.82, 2.24) is 0 Å². The van der Waals surface area contributed by atoms with Crippen LogP contribution in [0, 0.1) is 0 Å². The number of benzene rings is 2. The molecule has 118 valence electrons. The van der Waals surface area contributed by atoms with Gasteiger partial charge >= 0.3 is 0 Å². The fourth-order valence-electron chi connectivity index (χ4n) is 2.37. The molecule has 0 spiro atoms. The van der Waals surface area contributed by atoms with Crippen LogP contribution in [0.2, 0.25) is 5.02 Å². The van der Waals surface area contributed by atoms with E-state index in [1.165, 1.54) is 16.7 Å². The molecule has 1 aliphatic rings. The zero-order valence-corrected chi connectivity index (χ0v) is 15.2. The number of hydrogen-bond acceptors (Lipinski definition) is 3. The largest absolute Gasteiger partial charge is 0.274 e. The summed E-state index contributed by atoms with van der Waals surface area (Å²) in [5.41, 5.74) is 1.71. The minimum absolute atomic E-state index is 0.142. The summed E-state index contributed by atoms with van der Waals surface area (Å²) in [5, 5.41) is 0.356. The zero-order chi connectivity index (χ0) is 16.4. The average molecular weight is 411 g/mol. The molecule has 1 atom stereocenters. The molecule has 0 radical (unpaired) electrons. The molecule has 2 amide bonds. The Kier molecular flexibility index (Phi) is 5.09. The van der Waals surface area contributed by atoms with Gasteiger partial charge in [-0.3, -0.25) is 9.59 Å². The topological polar surface area (TPSA) is 37.4 Å². The minimum Gasteiger partial charge on any atom is -0.274 e. The summed E-state index contributed by atoms with van der Waals surface area (Å²) in [6.45, 7) is 0. The lowest BCUT2D eigenvalue weighted by molar-refractivity contribution is -0.121. The van der Waals surface area contributed by atoms with Crippen molar-refractivity contribution in [2.75, 3.05) is 4.90 Å². The molecule has 1 saturated heterocycles. The number of rotatable bonds is 4. The summed E-state index contributed by atoms with van der Waals surface area (Å²) in [7, 11) is 0. The molecule has 2 aromatic rings. The number of carbonyl (C=O) groups is 2. The molecule has 23 heavy (non-hydrogen) atoms. The van der Waals surface area contributed by atoms with Crippen LogP contribution in [0.1, 0.15) is 12.0 Å². The smallest absolute Gasteiger partial charge is 0.247 e. The van der Waals surface area contributed by atoms with Crippen molar-refractivity contribution in [3.63, 3.8) is 0 Å². The van der Waals surface area contributed by atoms with Crippen molar-refractivity contribution in [2.24, 2.45) is 0 Å². The minimum atomic E-state index is -0.332. The van der Waals surface area contributed by atoms with Gasteiger partial charge in [-0.2, -0.15) is 0 Å². The first-order valence-corrected chi connectivity index (χ1v) is 9.25. The monoisotopic (exact) mass is 409 g/mol. The number of halogens is 2. The van der Waals surface area contributed by atoms with E-state index in [1.807, 2.05) is 36.4 Å². The van der Waals surface area contributed by atoms with Gasteiger partial charge in [-0.25, -0.2) is 4.90 Å². The normalized spacial score (nSPS) is 17.8. The van der Waals surface area contributed by atoms with Gasteiger partial charge < -0.3 is 0 Å². The van der Waals surface area contributed by atoms with E-state index in [0.29, 0.717) is 16.5 Å². The molecule has 0 saturated carbocycles. The lowest BCUT2D eigenvalue weighted by atomic mass is 10.2. The summed E-state index contributed by atoms with van der Waals surface area (Å²) in [4.78, 5) is 26.0. The lowest BCUT2D eigenvalue weighted by Gasteiger charge is -2.15. The van der Waals surface area contributed by atoms with E-state index < -0.39 is 0 Å². The molecule has 1 fully saturated rings. The highest BCUT2D eigenvalue weighted by atomic mass is 79.9. The number of thioether (sulfide) groups is 1. The van der Waals surface area contributed by atoms with E-state index in [4.69, 9.17) is 11.6 Å². The van der Waals surface area contributed by atoms with Crippen LogP contribution >= 0.6 is 39.3 Å². The third kappa shape index (κ3) is 3.79. The summed E-state index contributed by atoms with van der Waals surface area (Å²) in [6.07, 6.45) is 0.243. The third-order valence-electron chi connectivity index (χ3n) is 3.55. The second-order valence-electron chi connectivity index (χ2n) is 5.17. The molecule has 0 N–H and O–H groups in total. The van der Waals surface area contributed by atoms with Crippen LogP contribution in [0.4, 0.5) is 5.69 Å². The van der Waals surface area contributed by atoms with E-state index in [-0.39, 0.29) is 23.5 Å². The molecule has 0 aromatic heterocycles. The quantitative estimate of drug-likeness (QED) is 0.688. The molecule has 1 aliphatic heterocycles. The van der Waals surface area contributed by atoms with Gasteiger partial charge in [0.05, 0.1) is 10.9 Å². The molecule has 2 aromatic carbocycles. The van der Waals surface area contributed by atoms with Crippen molar-refractivity contribution in [3.05, 3.63) is 63.6 Å². The summed E-state index contributed by atoms with van der Waals surface area (Å²) < 4.78 is 0.911. The van der Waals surface area contributed by atoms with Gasteiger partial charge in [-0.05, 0) is 42.0 Å². The van der Waals surface area contributed by atoms with Gasteiger partial charge in [0, 0.05) is 21.7 Å². The van der Waals surface area contributed by atoms with Crippen LogP contribution in [-0.2, 0) is 15.3 Å². The maximum atomic E-state index is 12.5. The molecular formula is C17H13BrClNO2S. The first kappa shape index (κ1) is 16.6. The van der Waals surface area contributed by atoms with Gasteiger partial charge in [-0.1, -0.05) is 39.7 Å². The molecule has 3 nitrogen and oxygen atoms in total. The van der Waals surface area contributed by atoms with E-state index in [9.17, 15) is 9.59 Å². The summed E-state index contributed by atoms with van der Waals surface area (Å²) >= 11 is 10.7. The Morgan fingerprint density at radius 3 is 2.39 bits per heavy atom. The van der Waals surface area contributed by atoms with Crippen LogP contribution in [0.5, 0.6) is 0 Å². The molecule has 0 bridgehead atoms. The molecular weight excluding hydrogens is 398 g/mol. The molecule has 1 heterocycles. The van der Waals surface area contributed by atoms with Crippen molar-refractivity contribution >= 4 is 56.8 Å².